The van der Waals surface area contributed by atoms with Crippen molar-refractivity contribution >= 4 is 6.09 Å². The molecule has 2 atom stereocenters. The third-order valence-electron chi connectivity index (χ3n) is 5.08. The largest absolute Gasteiger partial charge is 0.445 e. The van der Waals surface area contributed by atoms with Crippen molar-refractivity contribution in [3.05, 3.63) is 48.6 Å². The fraction of sp³-hybridized carbons (Fsp3) is 0.500. The highest BCUT2D eigenvalue weighted by Crippen LogP contribution is 2.49. The summed E-state index contributed by atoms with van der Waals surface area (Å²) in [6.07, 6.45) is 7.32. The molecule has 1 aromatic rings. The fourth-order valence-corrected chi connectivity index (χ4v) is 4.10. The van der Waals surface area contributed by atoms with E-state index in [0.29, 0.717) is 12.5 Å². The van der Waals surface area contributed by atoms with Gasteiger partial charge in [0.25, 0.3) is 0 Å². The predicted molar refractivity (Wildman–Crippen MR) is 82.8 cm³/mol. The van der Waals surface area contributed by atoms with Crippen LogP contribution >= 0.6 is 0 Å². The van der Waals surface area contributed by atoms with E-state index in [0.717, 1.165) is 31.4 Å². The molecule has 1 aliphatic heterocycles. The maximum atomic E-state index is 12.5. The van der Waals surface area contributed by atoms with Gasteiger partial charge in [0.15, 0.2) is 0 Å². The molecule has 3 nitrogen and oxygen atoms in total. The number of nitrogens with zero attached hydrogens (tertiary/aromatic N) is 1. The third-order valence-corrected chi connectivity index (χ3v) is 5.08. The lowest BCUT2D eigenvalue weighted by Gasteiger charge is -2.37. The van der Waals surface area contributed by atoms with Crippen LogP contribution in [0.4, 0.5) is 4.79 Å². The topological polar surface area (TPSA) is 29.5 Å². The van der Waals surface area contributed by atoms with Crippen LogP contribution in [0.1, 0.15) is 37.7 Å². The lowest BCUT2D eigenvalue weighted by atomic mass is 9.85. The molecule has 1 aliphatic carbocycles. The summed E-state index contributed by atoms with van der Waals surface area (Å²) in [5.41, 5.74) is 1.01. The minimum absolute atomic E-state index is 0.0183. The number of carbonyl (C=O) groups excluding carboxylic acids is 1. The molecule has 0 N–H and O–H groups in total. The molecule has 3 heteroatoms. The molecule has 0 radical (unpaired) electrons. The summed E-state index contributed by atoms with van der Waals surface area (Å²) in [6, 6.07) is 9.86. The Morgan fingerprint density at radius 1 is 1.38 bits per heavy atom. The number of benzene rings is 1. The fourth-order valence-electron chi connectivity index (χ4n) is 4.10. The normalized spacial score (nSPS) is 27.4. The average molecular weight is 285 g/mol. The lowest BCUT2D eigenvalue weighted by Crippen LogP contribution is -2.48. The number of amides is 1. The lowest BCUT2D eigenvalue weighted by molar-refractivity contribution is 0.0596. The van der Waals surface area contributed by atoms with Crippen molar-refractivity contribution in [3.8, 4) is 0 Å². The van der Waals surface area contributed by atoms with Crippen LogP contribution in [0, 0.1) is 5.92 Å². The van der Waals surface area contributed by atoms with Gasteiger partial charge in [0.05, 0.1) is 5.54 Å². The second-order valence-electron chi connectivity index (χ2n) is 6.17. The van der Waals surface area contributed by atoms with Crippen molar-refractivity contribution in [2.24, 2.45) is 5.92 Å². The van der Waals surface area contributed by atoms with Gasteiger partial charge in [0.2, 0.25) is 0 Å². The number of rotatable bonds is 4. The highest BCUT2D eigenvalue weighted by atomic mass is 16.6. The maximum Gasteiger partial charge on any atom is 0.410 e. The van der Waals surface area contributed by atoms with Crippen LogP contribution in [0.15, 0.2) is 43.0 Å². The number of fused-ring (bicyclic) bond motifs is 1. The van der Waals surface area contributed by atoms with Gasteiger partial charge in [-0.2, -0.15) is 0 Å². The Balaban J connectivity index is 1.67. The van der Waals surface area contributed by atoms with Gasteiger partial charge in [-0.15, -0.1) is 6.58 Å². The molecule has 112 valence electrons. The van der Waals surface area contributed by atoms with E-state index >= 15 is 0 Å². The van der Waals surface area contributed by atoms with E-state index in [2.05, 4.69) is 6.58 Å². The Morgan fingerprint density at radius 2 is 2.19 bits per heavy atom. The maximum absolute atomic E-state index is 12.5. The summed E-state index contributed by atoms with van der Waals surface area (Å²) in [6.45, 7) is 5.07. The van der Waals surface area contributed by atoms with E-state index in [9.17, 15) is 4.79 Å². The summed E-state index contributed by atoms with van der Waals surface area (Å²) >= 11 is 0. The standard InChI is InChI=1S/C18H23NO2/c1-2-11-18-12-6-9-16(18)10-13-19(18)17(20)21-14-15-7-4-3-5-8-15/h2-5,7-8,16H,1,6,9-14H2/t16-,18-/m1/s1. The zero-order chi connectivity index (χ0) is 14.7. The molecule has 0 unspecified atom stereocenters. The molecule has 1 aromatic carbocycles. The zero-order valence-corrected chi connectivity index (χ0v) is 12.5. The number of hydrogen-bond donors (Lipinski definition) is 0. The molecular formula is C18H23NO2. The molecule has 0 bridgehead atoms. The van der Waals surface area contributed by atoms with Crippen LogP contribution < -0.4 is 0 Å². The van der Waals surface area contributed by atoms with E-state index in [1.165, 1.54) is 12.8 Å². The number of likely N-dealkylation sites (tertiary alicyclic amines) is 1. The van der Waals surface area contributed by atoms with Crippen molar-refractivity contribution in [1.29, 1.82) is 0 Å². The Bertz CT molecular complexity index is 513. The van der Waals surface area contributed by atoms with Gasteiger partial charge in [0, 0.05) is 6.54 Å². The second kappa shape index (κ2) is 5.92. The molecule has 2 fully saturated rings. The van der Waals surface area contributed by atoms with Crippen molar-refractivity contribution in [2.45, 2.75) is 44.2 Å². The molecule has 0 spiro atoms. The quantitative estimate of drug-likeness (QED) is 0.778. The first kappa shape index (κ1) is 14.2. The van der Waals surface area contributed by atoms with E-state index in [4.69, 9.17) is 4.74 Å². The highest BCUT2D eigenvalue weighted by Gasteiger charge is 2.52. The van der Waals surface area contributed by atoms with Gasteiger partial charge in [-0.05, 0) is 37.2 Å². The molecule has 1 saturated carbocycles. The van der Waals surface area contributed by atoms with Crippen LogP contribution in [-0.2, 0) is 11.3 Å². The number of ether oxygens (including phenoxy) is 1. The SMILES string of the molecule is C=CC[C@@]12CCC[C@@H]1CCN2C(=O)OCc1ccccc1. The second-order valence-corrected chi connectivity index (χ2v) is 6.17. The molecule has 0 aromatic heterocycles. The van der Waals surface area contributed by atoms with Gasteiger partial charge < -0.3 is 9.64 Å². The Hall–Kier alpha value is -1.77. The molecular weight excluding hydrogens is 262 g/mol. The van der Waals surface area contributed by atoms with E-state index in [1.54, 1.807) is 0 Å². The first-order valence-corrected chi connectivity index (χ1v) is 7.85. The molecule has 1 heterocycles. The first-order chi connectivity index (χ1) is 10.3. The smallest absolute Gasteiger partial charge is 0.410 e. The van der Waals surface area contributed by atoms with Gasteiger partial charge in [-0.25, -0.2) is 4.79 Å². The summed E-state index contributed by atoms with van der Waals surface area (Å²) < 4.78 is 5.54. The van der Waals surface area contributed by atoms with Crippen LogP contribution in [-0.4, -0.2) is 23.1 Å². The van der Waals surface area contributed by atoms with Crippen molar-refractivity contribution in [1.82, 2.24) is 4.90 Å². The van der Waals surface area contributed by atoms with Crippen molar-refractivity contribution in [2.75, 3.05) is 6.54 Å². The summed E-state index contributed by atoms with van der Waals surface area (Å²) in [4.78, 5) is 14.5. The molecule has 1 saturated heterocycles. The summed E-state index contributed by atoms with van der Waals surface area (Å²) in [5, 5.41) is 0. The Kier molecular flexibility index (Phi) is 4.00. The van der Waals surface area contributed by atoms with Crippen LogP contribution in [0.3, 0.4) is 0 Å². The van der Waals surface area contributed by atoms with Crippen molar-refractivity contribution in [3.63, 3.8) is 0 Å². The van der Waals surface area contributed by atoms with Gasteiger partial charge in [-0.3, -0.25) is 0 Å². The van der Waals surface area contributed by atoms with Crippen LogP contribution in [0.25, 0.3) is 0 Å². The molecule has 21 heavy (non-hydrogen) atoms. The molecule has 1 amide bonds. The Morgan fingerprint density at radius 3 is 2.95 bits per heavy atom. The van der Waals surface area contributed by atoms with Crippen LogP contribution in [0.5, 0.6) is 0 Å². The monoisotopic (exact) mass is 285 g/mol. The zero-order valence-electron chi connectivity index (χ0n) is 12.5. The van der Waals surface area contributed by atoms with Crippen molar-refractivity contribution < 1.29 is 9.53 Å². The molecule has 2 aliphatic rings. The third kappa shape index (κ3) is 2.57. The predicted octanol–water partition coefficient (Wildman–Crippen LogP) is 4.14. The number of hydrogen-bond acceptors (Lipinski definition) is 2. The molecule has 3 rings (SSSR count). The van der Waals surface area contributed by atoms with Gasteiger partial charge >= 0.3 is 6.09 Å². The minimum Gasteiger partial charge on any atom is -0.445 e. The first-order valence-electron chi connectivity index (χ1n) is 7.85. The van der Waals surface area contributed by atoms with Crippen LogP contribution in [0.2, 0.25) is 0 Å². The minimum atomic E-state index is -0.162. The van der Waals surface area contributed by atoms with E-state index in [1.807, 2.05) is 41.3 Å². The summed E-state index contributed by atoms with van der Waals surface area (Å²) in [5.74, 6) is 0.625. The highest BCUT2D eigenvalue weighted by molar-refractivity contribution is 5.69. The van der Waals surface area contributed by atoms with E-state index in [-0.39, 0.29) is 11.6 Å². The summed E-state index contributed by atoms with van der Waals surface area (Å²) in [7, 11) is 0. The Labute approximate surface area is 126 Å². The van der Waals surface area contributed by atoms with Gasteiger partial charge in [0.1, 0.15) is 6.61 Å². The average Bonchev–Trinajstić information content (AvgIpc) is 3.04. The number of carbonyl (C=O) groups is 1. The van der Waals surface area contributed by atoms with E-state index < -0.39 is 0 Å². The van der Waals surface area contributed by atoms with Gasteiger partial charge in [-0.1, -0.05) is 42.8 Å².